The minimum Gasteiger partial charge on any atom is -0.495 e. The van der Waals surface area contributed by atoms with Crippen LogP contribution in [0.15, 0.2) is 65.0 Å². The largest absolute Gasteiger partial charge is 0.495 e. The number of carbonyl (C=O) groups excluding carboxylic acids is 2. The van der Waals surface area contributed by atoms with Crippen LogP contribution in [0.1, 0.15) is 14.5 Å². The summed E-state index contributed by atoms with van der Waals surface area (Å²) in [5.74, 6) is -0.202. The number of hydrogen-bond donors (Lipinski definition) is 2. The van der Waals surface area contributed by atoms with Gasteiger partial charge in [-0.25, -0.2) is 0 Å². The molecule has 3 rings (SSSR count). The van der Waals surface area contributed by atoms with Gasteiger partial charge in [0.15, 0.2) is 0 Å². The molecule has 2 amide bonds. The van der Waals surface area contributed by atoms with Crippen molar-refractivity contribution in [2.24, 2.45) is 0 Å². The van der Waals surface area contributed by atoms with Gasteiger partial charge in [0.2, 0.25) is 0 Å². The number of anilines is 1. The van der Waals surface area contributed by atoms with E-state index in [1.807, 2.05) is 29.0 Å². The summed E-state index contributed by atoms with van der Waals surface area (Å²) in [6.07, 6.45) is 1.65. The van der Waals surface area contributed by atoms with E-state index in [1.165, 1.54) is 29.8 Å². The molecule has 0 aliphatic rings. The van der Waals surface area contributed by atoms with Gasteiger partial charge in [-0.3, -0.25) is 9.59 Å². The Bertz CT molecular complexity index is 916. The van der Waals surface area contributed by atoms with Crippen LogP contribution in [0.2, 0.25) is 0 Å². The molecule has 0 atom stereocenters. The average molecular weight is 384 g/mol. The molecule has 0 bridgehead atoms. The first-order valence-electron chi connectivity index (χ1n) is 7.72. The van der Waals surface area contributed by atoms with E-state index in [0.29, 0.717) is 16.3 Å². The lowest BCUT2D eigenvalue weighted by Crippen LogP contribution is -2.30. The Morgan fingerprint density at radius 3 is 2.46 bits per heavy atom. The van der Waals surface area contributed by atoms with Crippen LogP contribution in [-0.4, -0.2) is 18.9 Å². The SMILES string of the molecule is COc1ccccc1NC(=O)/C(=C\c1cccs1)NC(=O)c1cccs1. The van der Waals surface area contributed by atoms with Crippen LogP contribution >= 0.6 is 22.7 Å². The number of carbonyl (C=O) groups is 2. The number of rotatable bonds is 6. The molecule has 26 heavy (non-hydrogen) atoms. The molecular formula is C19H16N2O3S2. The van der Waals surface area contributed by atoms with Crippen LogP contribution in [0.25, 0.3) is 6.08 Å². The van der Waals surface area contributed by atoms with Gasteiger partial charge in [0.25, 0.3) is 11.8 Å². The molecule has 2 aromatic heterocycles. The minimum absolute atomic E-state index is 0.164. The molecule has 0 aliphatic heterocycles. The van der Waals surface area contributed by atoms with Gasteiger partial charge in [0, 0.05) is 4.88 Å². The van der Waals surface area contributed by atoms with Crippen LogP contribution in [0.5, 0.6) is 5.75 Å². The number of thiophene rings is 2. The van der Waals surface area contributed by atoms with E-state index in [4.69, 9.17) is 4.74 Å². The van der Waals surface area contributed by atoms with Gasteiger partial charge >= 0.3 is 0 Å². The van der Waals surface area contributed by atoms with Crippen molar-refractivity contribution in [2.75, 3.05) is 12.4 Å². The smallest absolute Gasteiger partial charge is 0.272 e. The highest BCUT2D eigenvalue weighted by atomic mass is 32.1. The van der Waals surface area contributed by atoms with Crippen LogP contribution in [0, 0.1) is 0 Å². The van der Waals surface area contributed by atoms with Crippen LogP contribution < -0.4 is 15.4 Å². The van der Waals surface area contributed by atoms with Crippen molar-refractivity contribution in [3.8, 4) is 5.75 Å². The fourth-order valence-corrected chi connectivity index (χ4v) is 3.48. The second kappa shape index (κ2) is 8.46. The van der Waals surface area contributed by atoms with E-state index in [2.05, 4.69) is 10.6 Å². The van der Waals surface area contributed by atoms with Gasteiger partial charge in [0.1, 0.15) is 11.4 Å². The zero-order valence-electron chi connectivity index (χ0n) is 13.9. The lowest BCUT2D eigenvalue weighted by molar-refractivity contribution is -0.113. The number of methoxy groups -OCH3 is 1. The minimum atomic E-state index is -0.423. The van der Waals surface area contributed by atoms with Crippen molar-refractivity contribution in [3.63, 3.8) is 0 Å². The van der Waals surface area contributed by atoms with Crippen molar-refractivity contribution in [2.45, 2.75) is 0 Å². The second-order valence-corrected chi connectivity index (χ2v) is 7.09. The Labute approximate surface area is 158 Å². The molecule has 2 heterocycles. The monoisotopic (exact) mass is 384 g/mol. The maximum absolute atomic E-state index is 12.8. The Balaban J connectivity index is 1.85. The lowest BCUT2D eigenvalue weighted by atomic mass is 10.2. The zero-order chi connectivity index (χ0) is 18.4. The number of hydrogen-bond acceptors (Lipinski definition) is 5. The number of amides is 2. The van der Waals surface area contributed by atoms with E-state index in [9.17, 15) is 9.59 Å². The van der Waals surface area contributed by atoms with Crippen LogP contribution in [0.3, 0.4) is 0 Å². The van der Waals surface area contributed by atoms with E-state index in [0.717, 1.165) is 4.88 Å². The molecule has 0 aliphatic carbocycles. The number of nitrogens with one attached hydrogen (secondary N) is 2. The predicted molar refractivity (Wildman–Crippen MR) is 106 cm³/mol. The molecule has 5 nitrogen and oxygen atoms in total. The molecule has 1 aromatic carbocycles. The topological polar surface area (TPSA) is 67.4 Å². The van der Waals surface area contributed by atoms with Gasteiger partial charge in [-0.05, 0) is 41.1 Å². The number of benzene rings is 1. The van der Waals surface area contributed by atoms with Gasteiger partial charge in [-0.15, -0.1) is 22.7 Å². The molecule has 0 saturated carbocycles. The van der Waals surface area contributed by atoms with E-state index < -0.39 is 5.91 Å². The third-order valence-corrected chi connectivity index (χ3v) is 5.11. The van der Waals surface area contributed by atoms with Crippen molar-refractivity contribution in [3.05, 3.63) is 74.7 Å². The summed E-state index contributed by atoms with van der Waals surface area (Å²) in [7, 11) is 1.53. The van der Waals surface area contributed by atoms with E-state index in [-0.39, 0.29) is 11.6 Å². The number of para-hydroxylation sites is 2. The van der Waals surface area contributed by atoms with Gasteiger partial charge in [-0.1, -0.05) is 24.3 Å². The summed E-state index contributed by atoms with van der Waals surface area (Å²) in [4.78, 5) is 26.5. The van der Waals surface area contributed by atoms with Gasteiger partial charge in [-0.2, -0.15) is 0 Å². The zero-order valence-corrected chi connectivity index (χ0v) is 15.5. The second-order valence-electron chi connectivity index (χ2n) is 5.16. The highest BCUT2D eigenvalue weighted by Gasteiger charge is 2.17. The molecule has 0 fully saturated rings. The molecular weight excluding hydrogens is 368 g/mol. The fourth-order valence-electron chi connectivity index (χ4n) is 2.20. The summed E-state index contributed by atoms with van der Waals surface area (Å²) in [6.45, 7) is 0. The molecule has 0 saturated heterocycles. The highest BCUT2D eigenvalue weighted by molar-refractivity contribution is 7.12. The average Bonchev–Trinajstić information content (AvgIpc) is 3.35. The normalized spacial score (nSPS) is 11.0. The molecule has 7 heteroatoms. The van der Waals surface area contributed by atoms with Crippen molar-refractivity contribution in [1.82, 2.24) is 5.32 Å². The third-order valence-electron chi connectivity index (χ3n) is 3.42. The first-order valence-corrected chi connectivity index (χ1v) is 9.47. The summed E-state index contributed by atoms with van der Waals surface area (Å²) in [6, 6.07) is 14.4. The van der Waals surface area contributed by atoms with Crippen LogP contribution in [0.4, 0.5) is 5.69 Å². The Morgan fingerprint density at radius 1 is 1.00 bits per heavy atom. The standard InChI is InChI=1S/C19H16N2O3S2/c1-24-16-8-3-2-7-14(16)20-18(22)15(12-13-6-4-10-25-13)21-19(23)17-9-5-11-26-17/h2-12H,1H3,(H,20,22)(H,21,23)/b15-12+. The summed E-state index contributed by atoms with van der Waals surface area (Å²) in [5, 5.41) is 9.20. The quantitative estimate of drug-likeness (QED) is 0.625. The maximum Gasteiger partial charge on any atom is 0.272 e. The highest BCUT2D eigenvalue weighted by Crippen LogP contribution is 2.24. The molecule has 3 aromatic rings. The predicted octanol–water partition coefficient (Wildman–Crippen LogP) is 4.23. The Hall–Kier alpha value is -2.90. The summed E-state index contributed by atoms with van der Waals surface area (Å²) < 4.78 is 5.25. The summed E-state index contributed by atoms with van der Waals surface area (Å²) in [5.41, 5.74) is 0.694. The Kier molecular flexibility index (Phi) is 5.83. The van der Waals surface area contributed by atoms with Gasteiger partial charge in [0.05, 0.1) is 17.7 Å². The van der Waals surface area contributed by atoms with Crippen molar-refractivity contribution >= 4 is 46.3 Å². The fraction of sp³-hybridized carbons (Fsp3) is 0.0526. The van der Waals surface area contributed by atoms with Crippen molar-refractivity contribution in [1.29, 1.82) is 0 Å². The third kappa shape index (κ3) is 4.38. The van der Waals surface area contributed by atoms with Gasteiger partial charge < -0.3 is 15.4 Å². The molecule has 2 N–H and O–H groups in total. The number of ether oxygens (including phenoxy) is 1. The molecule has 132 valence electrons. The van der Waals surface area contributed by atoms with Crippen LogP contribution in [-0.2, 0) is 4.79 Å². The summed E-state index contributed by atoms with van der Waals surface area (Å²) >= 11 is 2.79. The Morgan fingerprint density at radius 2 is 1.77 bits per heavy atom. The molecule has 0 radical (unpaired) electrons. The maximum atomic E-state index is 12.8. The first-order chi connectivity index (χ1) is 12.7. The first kappa shape index (κ1) is 17.9. The molecule has 0 spiro atoms. The molecule has 0 unspecified atom stereocenters. The van der Waals surface area contributed by atoms with E-state index >= 15 is 0 Å². The van der Waals surface area contributed by atoms with E-state index in [1.54, 1.807) is 36.4 Å². The lowest BCUT2D eigenvalue weighted by Gasteiger charge is -2.12. The van der Waals surface area contributed by atoms with Crippen molar-refractivity contribution < 1.29 is 14.3 Å².